The monoisotopic (exact) mass is 400 g/mol. The molecule has 3 heterocycles. The fraction of sp³-hybridized carbons (Fsp3) is 0.333. The van der Waals surface area contributed by atoms with Crippen LogP contribution in [-0.4, -0.2) is 40.5 Å². The number of carbonyl (C=O) groups excluding carboxylic acids is 2. The van der Waals surface area contributed by atoms with Crippen LogP contribution >= 0.6 is 0 Å². The fourth-order valence-electron chi connectivity index (χ4n) is 5.67. The van der Waals surface area contributed by atoms with Crippen molar-refractivity contribution >= 4 is 28.4 Å². The van der Waals surface area contributed by atoms with E-state index in [2.05, 4.69) is 27.8 Å². The first-order valence-electron chi connectivity index (χ1n) is 10.7. The molecular formula is C24H24N4O2. The summed E-state index contributed by atoms with van der Waals surface area (Å²) < 4.78 is 0. The van der Waals surface area contributed by atoms with Gasteiger partial charge in [-0.3, -0.25) is 9.59 Å². The van der Waals surface area contributed by atoms with Gasteiger partial charge in [-0.15, -0.1) is 0 Å². The smallest absolute Gasteiger partial charge is 0.255 e. The van der Waals surface area contributed by atoms with Gasteiger partial charge in [0.25, 0.3) is 5.91 Å². The molecule has 2 aliphatic heterocycles. The molecule has 2 fully saturated rings. The van der Waals surface area contributed by atoms with Gasteiger partial charge in [0.05, 0.1) is 12.0 Å². The molecule has 30 heavy (non-hydrogen) atoms. The molecule has 3 atom stereocenters. The Morgan fingerprint density at radius 3 is 2.80 bits per heavy atom. The van der Waals surface area contributed by atoms with Gasteiger partial charge in [-0.1, -0.05) is 30.3 Å². The maximum atomic E-state index is 13.1. The molecule has 152 valence electrons. The normalized spacial score (nSPS) is 27.1. The Hall–Kier alpha value is -3.28. The van der Waals surface area contributed by atoms with Crippen molar-refractivity contribution in [2.24, 2.45) is 11.8 Å². The second-order valence-corrected chi connectivity index (χ2v) is 8.86. The highest BCUT2D eigenvalue weighted by molar-refractivity contribution is 6.02. The van der Waals surface area contributed by atoms with Gasteiger partial charge in [0.2, 0.25) is 5.91 Å². The van der Waals surface area contributed by atoms with E-state index in [1.165, 1.54) is 0 Å². The van der Waals surface area contributed by atoms with Crippen LogP contribution in [0.1, 0.15) is 28.9 Å². The van der Waals surface area contributed by atoms with Gasteiger partial charge < -0.3 is 20.5 Å². The zero-order valence-corrected chi connectivity index (χ0v) is 16.7. The SMILES string of the molecule is O=C1N[C@]2(CC[C@@H]3CN(C(=O)Cc4cc5ccccc5[nH]4)C[C@@H]32)Nc2ccccc21. The minimum atomic E-state index is -0.452. The van der Waals surface area contributed by atoms with E-state index in [1.807, 2.05) is 47.4 Å². The van der Waals surface area contributed by atoms with Crippen LogP contribution in [-0.2, 0) is 11.2 Å². The molecule has 2 aromatic carbocycles. The number of rotatable bonds is 2. The van der Waals surface area contributed by atoms with Crippen LogP contribution in [0.25, 0.3) is 10.9 Å². The Kier molecular flexibility index (Phi) is 3.72. The number of hydrogen-bond acceptors (Lipinski definition) is 3. The molecule has 1 saturated carbocycles. The third-order valence-electron chi connectivity index (χ3n) is 7.13. The lowest BCUT2D eigenvalue weighted by molar-refractivity contribution is -0.129. The molecule has 0 radical (unpaired) electrons. The second kappa shape index (κ2) is 6.36. The predicted octanol–water partition coefficient (Wildman–Crippen LogP) is 3.13. The van der Waals surface area contributed by atoms with Crippen molar-refractivity contribution < 1.29 is 9.59 Å². The number of anilines is 1. The number of fused-ring (bicyclic) bond motifs is 4. The number of likely N-dealkylation sites (tertiary alicyclic amines) is 1. The van der Waals surface area contributed by atoms with Gasteiger partial charge in [-0.25, -0.2) is 0 Å². The minimum Gasteiger partial charge on any atom is -0.362 e. The predicted molar refractivity (Wildman–Crippen MR) is 115 cm³/mol. The molecule has 6 heteroatoms. The van der Waals surface area contributed by atoms with E-state index in [-0.39, 0.29) is 17.7 Å². The molecule has 3 N–H and O–H groups in total. The summed E-state index contributed by atoms with van der Waals surface area (Å²) in [6.45, 7) is 1.45. The summed E-state index contributed by atoms with van der Waals surface area (Å²) >= 11 is 0. The summed E-state index contributed by atoms with van der Waals surface area (Å²) in [5, 5.41) is 8.01. The zero-order valence-electron chi connectivity index (χ0n) is 16.7. The molecule has 6 nitrogen and oxygen atoms in total. The zero-order chi connectivity index (χ0) is 20.3. The van der Waals surface area contributed by atoms with Gasteiger partial charge in [0.1, 0.15) is 5.66 Å². The number of H-pyrrole nitrogens is 1. The Bertz CT molecular complexity index is 1140. The average molecular weight is 400 g/mol. The van der Waals surface area contributed by atoms with Crippen LogP contribution in [0.3, 0.4) is 0 Å². The summed E-state index contributed by atoms with van der Waals surface area (Å²) in [5.74, 6) is 0.762. The number of hydrogen-bond donors (Lipinski definition) is 3. The Labute approximate surface area is 174 Å². The number of para-hydroxylation sites is 2. The average Bonchev–Trinajstić information content (AvgIpc) is 3.43. The number of nitrogens with one attached hydrogen (secondary N) is 3. The molecule has 1 spiro atoms. The molecule has 1 aliphatic carbocycles. The molecular weight excluding hydrogens is 376 g/mol. The highest BCUT2D eigenvalue weighted by atomic mass is 16.2. The molecule has 0 bridgehead atoms. The Morgan fingerprint density at radius 1 is 1.07 bits per heavy atom. The summed E-state index contributed by atoms with van der Waals surface area (Å²) in [6.07, 6.45) is 2.28. The number of benzene rings is 2. The fourth-order valence-corrected chi connectivity index (χ4v) is 5.67. The van der Waals surface area contributed by atoms with Crippen LogP contribution < -0.4 is 10.6 Å². The first-order chi connectivity index (χ1) is 14.6. The standard InChI is InChI=1S/C24H24N4O2/c29-22(12-17-11-15-5-1-3-7-20(15)25-17)28-13-16-9-10-24(19(16)14-28)26-21-8-4-2-6-18(21)23(30)27-24/h1-8,11,16,19,25-26H,9-10,12-14H2,(H,27,30)/t16-,19+,24+/m1/s1. The highest BCUT2D eigenvalue weighted by Crippen LogP contribution is 2.47. The highest BCUT2D eigenvalue weighted by Gasteiger charge is 2.55. The lowest BCUT2D eigenvalue weighted by atomic mass is 9.89. The van der Waals surface area contributed by atoms with Crippen LogP contribution in [0.5, 0.6) is 0 Å². The van der Waals surface area contributed by atoms with Crippen molar-refractivity contribution in [3.05, 3.63) is 65.9 Å². The summed E-state index contributed by atoms with van der Waals surface area (Å²) in [6, 6.07) is 17.8. The quantitative estimate of drug-likeness (QED) is 0.619. The van der Waals surface area contributed by atoms with Crippen LogP contribution in [0, 0.1) is 11.8 Å². The van der Waals surface area contributed by atoms with Crippen molar-refractivity contribution in [1.82, 2.24) is 15.2 Å². The van der Waals surface area contributed by atoms with E-state index in [4.69, 9.17) is 0 Å². The van der Waals surface area contributed by atoms with E-state index >= 15 is 0 Å². The van der Waals surface area contributed by atoms with Gasteiger partial charge in [-0.05, 0) is 48.4 Å². The molecule has 2 amide bonds. The molecule has 1 saturated heterocycles. The molecule has 0 unspecified atom stereocenters. The lowest BCUT2D eigenvalue weighted by Crippen LogP contribution is -2.61. The van der Waals surface area contributed by atoms with Gasteiger partial charge in [-0.2, -0.15) is 0 Å². The van der Waals surface area contributed by atoms with Crippen molar-refractivity contribution in [3.8, 4) is 0 Å². The van der Waals surface area contributed by atoms with Crippen molar-refractivity contribution in [3.63, 3.8) is 0 Å². The third kappa shape index (κ3) is 2.63. The molecule has 3 aromatic rings. The number of aromatic amines is 1. The first kappa shape index (κ1) is 17.6. The van der Waals surface area contributed by atoms with E-state index in [0.29, 0.717) is 24.4 Å². The number of aromatic nitrogens is 1. The van der Waals surface area contributed by atoms with Gasteiger partial charge in [0, 0.05) is 35.9 Å². The summed E-state index contributed by atoms with van der Waals surface area (Å²) in [4.78, 5) is 31.1. The second-order valence-electron chi connectivity index (χ2n) is 8.86. The Morgan fingerprint density at radius 2 is 1.90 bits per heavy atom. The number of amides is 2. The number of nitrogens with zero attached hydrogens (tertiary/aromatic N) is 1. The van der Waals surface area contributed by atoms with Crippen molar-refractivity contribution in [2.75, 3.05) is 18.4 Å². The molecule has 1 aromatic heterocycles. The summed E-state index contributed by atoms with van der Waals surface area (Å²) in [5.41, 5.74) is 3.14. The van der Waals surface area contributed by atoms with Gasteiger partial charge >= 0.3 is 0 Å². The third-order valence-corrected chi connectivity index (χ3v) is 7.13. The van der Waals surface area contributed by atoms with E-state index in [9.17, 15) is 9.59 Å². The van der Waals surface area contributed by atoms with E-state index < -0.39 is 5.66 Å². The van der Waals surface area contributed by atoms with E-state index in [0.717, 1.165) is 41.7 Å². The molecule has 6 rings (SSSR count). The van der Waals surface area contributed by atoms with E-state index in [1.54, 1.807) is 0 Å². The van der Waals surface area contributed by atoms with Gasteiger partial charge in [0.15, 0.2) is 0 Å². The number of carbonyl (C=O) groups is 2. The minimum absolute atomic E-state index is 0.0205. The topological polar surface area (TPSA) is 77.2 Å². The maximum absolute atomic E-state index is 13.1. The lowest BCUT2D eigenvalue weighted by Gasteiger charge is -2.42. The van der Waals surface area contributed by atoms with Crippen LogP contribution in [0.15, 0.2) is 54.6 Å². The molecule has 3 aliphatic rings. The van der Waals surface area contributed by atoms with Crippen molar-refractivity contribution in [1.29, 1.82) is 0 Å². The summed E-state index contributed by atoms with van der Waals surface area (Å²) in [7, 11) is 0. The largest absolute Gasteiger partial charge is 0.362 e. The Balaban J connectivity index is 1.20. The maximum Gasteiger partial charge on any atom is 0.255 e. The van der Waals surface area contributed by atoms with Crippen LogP contribution in [0.4, 0.5) is 5.69 Å². The first-order valence-corrected chi connectivity index (χ1v) is 10.7. The van der Waals surface area contributed by atoms with Crippen molar-refractivity contribution in [2.45, 2.75) is 24.9 Å². The van der Waals surface area contributed by atoms with Crippen LogP contribution in [0.2, 0.25) is 0 Å².